The first kappa shape index (κ1) is 12.9. The summed E-state index contributed by atoms with van der Waals surface area (Å²) in [6.45, 7) is 5.84. The fourth-order valence-corrected chi connectivity index (χ4v) is 2.90. The van der Waals surface area contributed by atoms with E-state index in [0.29, 0.717) is 0 Å². The van der Waals surface area contributed by atoms with Crippen LogP contribution in [0.4, 0.5) is 0 Å². The van der Waals surface area contributed by atoms with Gasteiger partial charge in [-0.25, -0.2) is 0 Å². The van der Waals surface area contributed by atoms with Crippen molar-refractivity contribution in [3.63, 3.8) is 0 Å². The van der Waals surface area contributed by atoms with Crippen LogP contribution in [0.1, 0.15) is 34.7 Å². The molecule has 0 atom stereocenters. The van der Waals surface area contributed by atoms with Crippen molar-refractivity contribution < 1.29 is 4.79 Å². The van der Waals surface area contributed by atoms with E-state index in [1.807, 2.05) is 0 Å². The first-order valence-electron chi connectivity index (χ1n) is 6.97. The van der Waals surface area contributed by atoms with E-state index in [9.17, 15) is 4.79 Å². The maximum absolute atomic E-state index is 12.0. The van der Waals surface area contributed by atoms with E-state index in [1.165, 1.54) is 22.3 Å². The van der Waals surface area contributed by atoms with Crippen molar-refractivity contribution in [1.82, 2.24) is 0 Å². The number of allylic oxidation sites excluding steroid dienone is 1. The Kier molecular flexibility index (Phi) is 3.06. The van der Waals surface area contributed by atoms with Gasteiger partial charge in [-0.05, 0) is 43.0 Å². The summed E-state index contributed by atoms with van der Waals surface area (Å²) in [7, 11) is 0. The lowest BCUT2D eigenvalue weighted by molar-refractivity contribution is -0.113. The number of fused-ring (bicyclic) bond motifs is 1. The predicted molar refractivity (Wildman–Crippen MR) is 82.8 cm³/mol. The fourth-order valence-electron chi connectivity index (χ4n) is 2.90. The van der Waals surface area contributed by atoms with E-state index in [4.69, 9.17) is 0 Å². The molecule has 0 aliphatic heterocycles. The zero-order valence-corrected chi connectivity index (χ0v) is 12.2. The SMILES string of the molecule is CC(=O)C1=C(c2ccc(C)cc2)c2ccc(C)cc2C1. The van der Waals surface area contributed by atoms with Gasteiger partial charge in [-0.3, -0.25) is 4.79 Å². The van der Waals surface area contributed by atoms with E-state index in [1.54, 1.807) is 6.92 Å². The normalized spacial score (nSPS) is 13.6. The van der Waals surface area contributed by atoms with Crippen LogP contribution >= 0.6 is 0 Å². The molecule has 1 nitrogen and oxygen atoms in total. The van der Waals surface area contributed by atoms with Crippen molar-refractivity contribution in [2.24, 2.45) is 0 Å². The molecule has 0 N–H and O–H groups in total. The Balaban J connectivity index is 2.20. The standard InChI is InChI=1S/C19H18O/c1-12-4-7-15(8-5-12)19-17-9-6-13(2)10-16(17)11-18(19)14(3)20/h4-10H,11H2,1-3H3. The van der Waals surface area contributed by atoms with Crippen LogP contribution in [0.5, 0.6) is 0 Å². The van der Waals surface area contributed by atoms with Gasteiger partial charge in [-0.15, -0.1) is 0 Å². The number of hydrogen-bond acceptors (Lipinski definition) is 1. The Morgan fingerprint density at radius 3 is 2.25 bits per heavy atom. The van der Waals surface area contributed by atoms with E-state index in [0.717, 1.165) is 23.1 Å². The van der Waals surface area contributed by atoms with Crippen molar-refractivity contribution in [1.29, 1.82) is 0 Å². The number of rotatable bonds is 2. The van der Waals surface area contributed by atoms with Crippen LogP contribution in [0.2, 0.25) is 0 Å². The van der Waals surface area contributed by atoms with Gasteiger partial charge in [0.25, 0.3) is 0 Å². The number of ketones is 1. The minimum absolute atomic E-state index is 0.175. The van der Waals surface area contributed by atoms with Crippen LogP contribution in [0.25, 0.3) is 5.57 Å². The second kappa shape index (κ2) is 4.75. The predicted octanol–water partition coefficient (Wildman–Crippen LogP) is 4.25. The second-order valence-electron chi connectivity index (χ2n) is 5.61. The summed E-state index contributed by atoms with van der Waals surface area (Å²) < 4.78 is 0. The monoisotopic (exact) mass is 262 g/mol. The smallest absolute Gasteiger partial charge is 0.156 e. The second-order valence-corrected chi connectivity index (χ2v) is 5.61. The quantitative estimate of drug-likeness (QED) is 0.790. The molecular formula is C19H18O. The van der Waals surface area contributed by atoms with E-state index >= 15 is 0 Å². The highest BCUT2D eigenvalue weighted by molar-refractivity contribution is 6.07. The first-order valence-corrected chi connectivity index (χ1v) is 6.97. The highest BCUT2D eigenvalue weighted by atomic mass is 16.1. The van der Waals surface area contributed by atoms with Crippen LogP contribution < -0.4 is 0 Å². The lowest BCUT2D eigenvalue weighted by Crippen LogP contribution is -1.98. The summed E-state index contributed by atoms with van der Waals surface area (Å²) in [6.07, 6.45) is 0.759. The molecule has 100 valence electrons. The highest BCUT2D eigenvalue weighted by Gasteiger charge is 2.25. The van der Waals surface area contributed by atoms with Crippen LogP contribution in [0.3, 0.4) is 0 Å². The Morgan fingerprint density at radius 1 is 0.950 bits per heavy atom. The number of benzene rings is 2. The van der Waals surface area contributed by atoms with E-state index in [-0.39, 0.29) is 5.78 Å². The van der Waals surface area contributed by atoms with Crippen molar-refractivity contribution in [2.45, 2.75) is 27.2 Å². The molecule has 0 bridgehead atoms. The number of carbonyl (C=O) groups is 1. The summed E-state index contributed by atoms with van der Waals surface area (Å²) in [4.78, 5) is 12.0. The van der Waals surface area contributed by atoms with Crippen LogP contribution in [-0.4, -0.2) is 5.78 Å². The largest absolute Gasteiger partial charge is 0.295 e. The van der Waals surface area contributed by atoms with Gasteiger partial charge in [0.1, 0.15) is 0 Å². The van der Waals surface area contributed by atoms with E-state index in [2.05, 4.69) is 56.3 Å². The van der Waals surface area contributed by atoms with Gasteiger partial charge in [0.2, 0.25) is 0 Å². The summed E-state index contributed by atoms with van der Waals surface area (Å²) in [5.74, 6) is 0.175. The first-order chi connectivity index (χ1) is 9.56. The van der Waals surface area contributed by atoms with E-state index < -0.39 is 0 Å². The van der Waals surface area contributed by atoms with Crippen molar-refractivity contribution in [2.75, 3.05) is 0 Å². The molecule has 0 heterocycles. The average molecular weight is 262 g/mol. The molecular weight excluding hydrogens is 244 g/mol. The van der Waals surface area contributed by atoms with Gasteiger partial charge in [-0.2, -0.15) is 0 Å². The van der Waals surface area contributed by atoms with Crippen LogP contribution in [0.15, 0.2) is 48.0 Å². The highest BCUT2D eigenvalue weighted by Crippen LogP contribution is 2.38. The molecule has 0 saturated heterocycles. The zero-order chi connectivity index (χ0) is 14.3. The maximum atomic E-state index is 12.0. The zero-order valence-electron chi connectivity index (χ0n) is 12.2. The molecule has 0 amide bonds. The summed E-state index contributed by atoms with van der Waals surface area (Å²) in [6, 6.07) is 14.9. The van der Waals surface area contributed by atoms with Gasteiger partial charge in [-0.1, -0.05) is 53.6 Å². The molecule has 2 aromatic rings. The third-order valence-corrected chi connectivity index (χ3v) is 3.96. The third kappa shape index (κ3) is 2.09. The lowest BCUT2D eigenvalue weighted by Gasteiger charge is -2.08. The maximum Gasteiger partial charge on any atom is 0.156 e. The molecule has 0 fully saturated rings. The molecule has 0 spiro atoms. The molecule has 3 rings (SSSR count). The molecule has 0 unspecified atom stereocenters. The van der Waals surface area contributed by atoms with Gasteiger partial charge < -0.3 is 0 Å². The molecule has 0 radical (unpaired) electrons. The number of Topliss-reactive ketones (excluding diaryl/α,β-unsaturated/α-hetero) is 1. The fraction of sp³-hybridized carbons (Fsp3) is 0.211. The Labute approximate surface area is 120 Å². The molecule has 1 aliphatic carbocycles. The lowest BCUT2D eigenvalue weighted by atomic mass is 9.95. The van der Waals surface area contributed by atoms with Crippen LogP contribution in [0, 0.1) is 13.8 Å². The average Bonchev–Trinajstić information content (AvgIpc) is 2.78. The number of carbonyl (C=O) groups excluding carboxylic acids is 1. The number of aryl methyl sites for hydroxylation is 2. The van der Waals surface area contributed by atoms with Crippen molar-refractivity contribution >= 4 is 11.4 Å². The molecule has 1 heteroatoms. The molecule has 2 aromatic carbocycles. The molecule has 0 saturated carbocycles. The summed E-state index contributed by atoms with van der Waals surface area (Å²) in [5.41, 5.74) is 8.17. The minimum atomic E-state index is 0.175. The Bertz CT molecular complexity index is 718. The summed E-state index contributed by atoms with van der Waals surface area (Å²) >= 11 is 0. The Hall–Kier alpha value is -2.15. The molecule has 0 aromatic heterocycles. The summed E-state index contributed by atoms with van der Waals surface area (Å²) in [5, 5.41) is 0. The minimum Gasteiger partial charge on any atom is -0.295 e. The third-order valence-electron chi connectivity index (χ3n) is 3.96. The Morgan fingerprint density at radius 2 is 1.60 bits per heavy atom. The van der Waals surface area contributed by atoms with Gasteiger partial charge >= 0.3 is 0 Å². The van der Waals surface area contributed by atoms with Gasteiger partial charge in [0.15, 0.2) is 5.78 Å². The van der Waals surface area contributed by atoms with Crippen LogP contribution in [-0.2, 0) is 11.2 Å². The molecule has 1 aliphatic rings. The number of hydrogen-bond donors (Lipinski definition) is 0. The van der Waals surface area contributed by atoms with Crippen molar-refractivity contribution in [3.05, 3.63) is 75.9 Å². The van der Waals surface area contributed by atoms with Crippen molar-refractivity contribution in [3.8, 4) is 0 Å². The van der Waals surface area contributed by atoms with Gasteiger partial charge in [0.05, 0.1) is 0 Å². The van der Waals surface area contributed by atoms with Gasteiger partial charge in [0, 0.05) is 12.0 Å². The topological polar surface area (TPSA) is 17.1 Å². The molecule has 20 heavy (non-hydrogen) atoms.